The van der Waals surface area contributed by atoms with Gasteiger partial charge in [-0.25, -0.2) is 4.39 Å². The van der Waals surface area contributed by atoms with Crippen LogP contribution in [-0.2, 0) is 4.74 Å². The van der Waals surface area contributed by atoms with E-state index in [1.807, 2.05) is 20.8 Å². The third kappa shape index (κ3) is 2.33. The zero-order valence-electron chi connectivity index (χ0n) is 10.7. The highest BCUT2D eigenvalue weighted by Crippen LogP contribution is 2.41. The summed E-state index contributed by atoms with van der Waals surface area (Å²) in [5, 5.41) is 10.4. The fourth-order valence-electron chi connectivity index (χ4n) is 2.79. The van der Waals surface area contributed by atoms with E-state index < -0.39 is 6.10 Å². The predicted octanol–water partition coefficient (Wildman–Crippen LogP) is 3.68. The summed E-state index contributed by atoms with van der Waals surface area (Å²) < 4.78 is 20.1. The second-order valence-corrected chi connectivity index (χ2v) is 5.93. The Labute approximate surface area is 115 Å². The van der Waals surface area contributed by atoms with Crippen LogP contribution in [0, 0.1) is 17.7 Å². The number of ether oxygens (including phenoxy) is 1. The van der Waals surface area contributed by atoms with Crippen LogP contribution >= 0.6 is 15.9 Å². The van der Waals surface area contributed by atoms with E-state index in [-0.39, 0.29) is 29.9 Å². The van der Waals surface area contributed by atoms with Gasteiger partial charge < -0.3 is 9.84 Å². The SMILES string of the molecule is CC1OC(C)C(C(O)c2cccc(Br)c2F)C1C. The van der Waals surface area contributed by atoms with Crippen LogP contribution in [-0.4, -0.2) is 17.3 Å². The number of halogens is 2. The highest BCUT2D eigenvalue weighted by molar-refractivity contribution is 9.10. The largest absolute Gasteiger partial charge is 0.388 e. The molecular formula is C14H18BrFO2. The van der Waals surface area contributed by atoms with E-state index in [0.29, 0.717) is 10.0 Å². The molecule has 0 saturated carbocycles. The van der Waals surface area contributed by atoms with Crippen molar-refractivity contribution in [3.8, 4) is 0 Å². The van der Waals surface area contributed by atoms with Crippen molar-refractivity contribution in [1.82, 2.24) is 0 Å². The molecule has 1 aliphatic rings. The highest BCUT2D eigenvalue weighted by Gasteiger charge is 2.42. The summed E-state index contributed by atoms with van der Waals surface area (Å²) >= 11 is 3.15. The molecule has 5 unspecified atom stereocenters. The van der Waals surface area contributed by atoms with Crippen molar-refractivity contribution in [3.63, 3.8) is 0 Å². The van der Waals surface area contributed by atoms with E-state index in [1.165, 1.54) is 0 Å². The summed E-state index contributed by atoms with van der Waals surface area (Å²) in [6, 6.07) is 5.00. The van der Waals surface area contributed by atoms with Crippen LogP contribution < -0.4 is 0 Å². The average Bonchev–Trinajstić information content (AvgIpc) is 2.56. The molecule has 100 valence electrons. The smallest absolute Gasteiger partial charge is 0.143 e. The zero-order chi connectivity index (χ0) is 13.4. The fraction of sp³-hybridized carbons (Fsp3) is 0.571. The second kappa shape index (κ2) is 5.27. The Morgan fingerprint density at radius 1 is 1.28 bits per heavy atom. The maximum absolute atomic E-state index is 14.0. The Kier molecular flexibility index (Phi) is 4.09. The average molecular weight is 317 g/mol. The van der Waals surface area contributed by atoms with Gasteiger partial charge in [-0.05, 0) is 41.8 Å². The molecule has 1 aromatic rings. The normalized spacial score (nSPS) is 33.7. The Morgan fingerprint density at radius 2 is 1.94 bits per heavy atom. The Balaban J connectivity index is 2.31. The van der Waals surface area contributed by atoms with Gasteiger partial charge in [-0.3, -0.25) is 0 Å². The van der Waals surface area contributed by atoms with E-state index in [2.05, 4.69) is 15.9 Å². The van der Waals surface area contributed by atoms with Crippen LogP contribution in [0.1, 0.15) is 32.4 Å². The highest BCUT2D eigenvalue weighted by atomic mass is 79.9. The van der Waals surface area contributed by atoms with Gasteiger partial charge in [-0.2, -0.15) is 0 Å². The van der Waals surface area contributed by atoms with Crippen molar-refractivity contribution >= 4 is 15.9 Å². The molecule has 5 atom stereocenters. The number of rotatable bonds is 2. The first-order chi connectivity index (χ1) is 8.43. The van der Waals surface area contributed by atoms with Crippen molar-refractivity contribution in [2.24, 2.45) is 11.8 Å². The van der Waals surface area contributed by atoms with Crippen LogP contribution in [0.25, 0.3) is 0 Å². The van der Waals surface area contributed by atoms with Gasteiger partial charge in [-0.1, -0.05) is 19.1 Å². The first-order valence-corrected chi connectivity index (χ1v) is 7.00. The Hall–Kier alpha value is -0.450. The van der Waals surface area contributed by atoms with Crippen LogP contribution in [0.5, 0.6) is 0 Å². The molecule has 4 heteroatoms. The van der Waals surface area contributed by atoms with E-state index in [9.17, 15) is 9.50 Å². The molecule has 2 rings (SSSR count). The van der Waals surface area contributed by atoms with Gasteiger partial charge in [0.25, 0.3) is 0 Å². The molecule has 1 aliphatic heterocycles. The van der Waals surface area contributed by atoms with E-state index >= 15 is 0 Å². The summed E-state index contributed by atoms with van der Waals surface area (Å²) in [6.07, 6.45) is -0.810. The molecule has 1 heterocycles. The van der Waals surface area contributed by atoms with Crippen LogP contribution in [0.2, 0.25) is 0 Å². The third-order valence-electron chi connectivity index (χ3n) is 3.98. The quantitative estimate of drug-likeness (QED) is 0.901. The Bertz CT molecular complexity index is 438. The number of hydrogen-bond donors (Lipinski definition) is 1. The van der Waals surface area contributed by atoms with Gasteiger partial charge in [0.1, 0.15) is 5.82 Å². The van der Waals surface area contributed by atoms with Gasteiger partial charge in [0.05, 0.1) is 22.8 Å². The second-order valence-electron chi connectivity index (χ2n) is 5.07. The van der Waals surface area contributed by atoms with Gasteiger partial charge in [0.15, 0.2) is 0 Å². The molecule has 2 nitrogen and oxygen atoms in total. The summed E-state index contributed by atoms with van der Waals surface area (Å²) in [4.78, 5) is 0. The molecule has 0 radical (unpaired) electrons. The maximum Gasteiger partial charge on any atom is 0.143 e. The first-order valence-electron chi connectivity index (χ1n) is 6.21. The van der Waals surface area contributed by atoms with Gasteiger partial charge in [-0.15, -0.1) is 0 Å². The van der Waals surface area contributed by atoms with E-state index in [0.717, 1.165) is 0 Å². The van der Waals surface area contributed by atoms with E-state index in [4.69, 9.17) is 4.74 Å². The molecule has 1 N–H and O–H groups in total. The van der Waals surface area contributed by atoms with Crippen molar-refractivity contribution in [2.75, 3.05) is 0 Å². The minimum absolute atomic E-state index is 0.0663. The molecule has 1 aromatic carbocycles. The third-order valence-corrected chi connectivity index (χ3v) is 4.60. The lowest BCUT2D eigenvalue weighted by Crippen LogP contribution is -2.25. The van der Waals surface area contributed by atoms with Crippen molar-refractivity contribution in [1.29, 1.82) is 0 Å². The topological polar surface area (TPSA) is 29.5 Å². The number of hydrogen-bond acceptors (Lipinski definition) is 2. The summed E-state index contributed by atoms with van der Waals surface area (Å²) in [6.45, 7) is 5.97. The maximum atomic E-state index is 14.0. The molecule has 0 spiro atoms. The molecule has 0 aliphatic carbocycles. The van der Waals surface area contributed by atoms with Gasteiger partial charge in [0.2, 0.25) is 0 Å². The minimum atomic E-state index is -0.836. The number of benzene rings is 1. The zero-order valence-corrected chi connectivity index (χ0v) is 12.3. The van der Waals surface area contributed by atoms with Crippen molar-refractivity contribution in [2.45, 2.75) is 39.1 Å². The van der Waals surface area contributed by atoms with Crippen molar-refractivity contribution in [3.05, 3.63) is 34.1 Å². The van der Waals surface area contributed by atoms with Crippen LogP contribution in [0.3, 0.4) is 0 Å². The Morgan fingerprint density at radius 3 is 2.50 bits per heavy atom. The minimum Gasteiger partial charge on any atom is -0.388 e. The number of aliphatic hydroxyl groups is 1. The molecule has 0 aromatic heterocycles. The van der Waals surface area contributed by atoms with Crippen LogP contribution in [0.15, 0.2) is 22.7 Å². The molecule has 1 fully saturated rings. The molecule has 1 saturated heterocycles. The molecular weight excluding hydrogens is 299 g/mol. The summed E-state index contributed by atoms with van der Waals surface area (Å²) in [7, 11) is 0. The lowest BCUT2D eigenvalue weighted by molar-refractivity contribution is 0.0220. The van der Waals surface area contributed by atoms with Crippen molar-refractivity contribution < 1.29 is 14.2 Å². The summed E-state index contributed by atoms with van der Waals surface area (Å²) in [5.74, 6) is -0.263. The monoisotopic (exact) mass is 316 g/mol. The molecule has 0 bridgehead atoms. The summed E-state index contributed by atoms with van der Waals surface area (Å²) in [5.41, 5.74) is 0.339. The lowest BCUT2D eigenvalue weighted by atomic mass is 9.82. The van der Waals surface area contributed by atoms with Gasteiger partial charge in [0, 0.05) is 11.5 Å². The van der Waals surface area contributed by atoms with Crippen LogP contribution in [0.4, 0.5) is 4.39 Å². The van der Waals surface area contributed by atoms with E-state index in [1.54, 1.807) is 18.2 Å². The molecule has 18 heavy (non-hydrogen) atoms. The fourth-order valence-corrected chi connectivity index (χ4v) is 3.18. The predicted molar refractivity (Wildman–Crippen MR) is 71.7 cm³/mol. The standard InChI is InChI=1S/C14H18BrFO2/c1-7-8(2)18-9(3)12(7)14(17)10-5-4-6-11(15)13(10)16/h4-9,12,14,17H,1-3H3. The first kappa shape index (κ1) is 14.0. The molecule has 0 amide bonds. The lowest BCUT2D eigenvalue weighted by Gasteiger charge is -2.25. The number of aliphatic hydroxyl groups excluding tert-OH is 1. The van der Waals surface area contributed by atoms with Gasteiger partial charge >= 0.3 is 0 Å².